The third-order valence-electron chi connectivity index (χ3n) is 3.53. The van der Waals surface area contributed by atoms with Crippen molar-refractivity contribution < 1.29 is 4.79 Å². The highest BCUT2D eigenvalue weighted by Gasteiger charge is 2.21. The minimum atomic E-state index is 0.0860. The van der Waals surface area contributed by atoms with Crippen LogP contribution in [0.5, 0.6) is 0 Å². The van der Waals surface area contributed by atoms with E-state index >= 15 is 0 Å². The Morgan fingerprint density at radius 2 is 1.75 bits per heavy atom. The first-order valence-electron chi connectivity index (χ1n) is 6.44. The molecule has 0 radical (unpaired) electrons. The van der Waals surface area contributed by atoms with Gasteiger partial charge in [0.05, 0.1) is 10.0 Å². The van der Waals surface area contributed by atoms with Gasteiger partial charge in [0.25, 0.3) is 0 Å². The molecule has 3 rings (SSSR count). The molecule has 0 N–H and O–H groups in total. The summed E-state index contributed by atoms with van der Waals surface area (Å²) >= 11 is 12.2. The van der Waals surface area contributed by atoms with Gasteiger partial charge in [0.2, 0.25) is 0 Å². The summed E-state index contributed by atoms with van der Waals surface area (Å²) in [7, 11) is 0. The summed E-state index contributed by atoms with van der Waals surface area (Å²) in [6.07, 6.45) is 3.47. The lowest BCUT2D eigenvalue weighted by molar-refractivity contribution is 0.102. The van der Waals surface area contributed by atoms with E-state index < -0.39 is 0 Å². The summed E-state index contributed by atoms with van der Waals surface area (Å²) in [5.41, 5.74) is 3.49. The normalized spacial score (nSPS) is 16.3. The van der Waals surface area contributed by atoms with Crippen LogP contribution < -0.4 is 0 Å². The Balaban J connectivity index is 2.02. The summed E-state index contributed by atoms with van der Waals surface area (Å²) < 4.78 is 0. The molecule has 20 heavy (non-hydrogen) atoms. The van der Waals surface area contributed by atoms with Gasteiger partial charge in [-0.3, -0.25) is 4.79 Å². The maximum atomic E-state index is 12.5. The van der Waals surface area contributed by atoms with Gasteiger partial charge in [-0.25, -0.2) is 0 Å². The molecule has 100 valence electrons. The van der Waals surface area contributed by atoms with Gasteiger partial charge in [-0.05, 0) is 36.1 Å². The minimum absolute atomic E-state index is 0.0860. The van der Waals surface area contributed by atoms with Crippen LogP contribution in [0, 0.1) is 0 Å². The molecule has 0 bridgehead atoms. The van der Waals surface area contributed by atoms with E-state index in [4.69, 9.17) is 23.2 Å². The summed E-state index contributed by atoms with van der Waals surface area (Å²) in [5.74, 6) is 0.0860. The number of allylic oxidation sites excluding steroid dienone is 1. The molecule has 1 nitrogen and oxygen atoms in total. The number of hydrogen-bond donors (Lipinski definition) is 0. The van der Waals surface area contributed by atoms with Crippen molar-refractivity contribution in [1.82, 2.24) is 0 Å². The smallest absolute Gasteiger partial charge is 0.189 e. The molecule has 0 fully saturated rings. The fraction of sp³-hybridized carbons (Fsp3) is 0.118. The number of Topliss-reactive ketones (excluding diaryl/α,β-unsaturated/α-hetero) is 1. The summed E-state index contributed by atoms with van der Waals surface area (Å²) in [6.45, 7) is 0. The van der Waals surface area contributed by atoms with Gasteiger partial charge in [0, 0.05) is 11.1 Å². The van der Waals surface area contributed by atoms with E-state index in [9.17, 15) is 4.79 Å². The Labute approximate surface area is 127 Å². The molecule has 3 heteroatoms. The second kappa shape index (κ2) is 5.43. The van der Waals surface area contributed by atoms with Gasteiger partial charge in [0.1, 0.15) is 0 Å². The number of hydrogen-bond acceptors (Lipinski definition) is 1. The standard InChI is InChI=1S/C17H12Cl2O/c18-15-7-3-5-12(16(15)19)10-13-9-8-11-4-1-2-6-14(11)17(13)20/h1-7,10H,8-9H2. The number of benzene rings is 2. The second-order valence-electron chi connectivity index (χ2n) is 4.80. The van der Waals surface area contributed by atoms with Crippen LogP contribution in [-0.2, 0) is 6.42 Å². The van der Waals surface area contributed by atoms with Crippen molar-refractivity contribution in [2.75, 3.05) is 0 Å². The van der Waals surface area contributed by atoms with Crippen molar-refractivity contribution >= 4 is 35.1 Å². The molecule has 0 atom stereocenters. The molecular weight excluding hydrogens is 291 g/mol. The van der Waals surface area contributed by atoms with Crippen molar-refractivity contribution in [2.45, 2.75) is 12.8 Å². The maximum absolute atomic E-state index is 12.5. The predicted molar refractivity (Wildman–Crippen MR) is 83.5 cm³/mol. The molecule has 0 saturated carbocycles. The molecular formula is C17H12Cl2O. The molecule has 2 aromatic rings. The Hall–Kier alpha value is -1.57. The highest BCUT2D eigenvalue weighted by Crippen LogP contribution is 2.31. The van der Waals surface area contributed by atoms with Crippen LogP contribution in [0.15, 0.2) is 48.0 Å². The van der Waals surface area contributed by atoms with Gasteiger partial charge in [-0.15, -0.1) is 0 Å². The fourth-order valence-electron chi connectivity index (χ4n) is 2.47. The average Bonchev–Trinajstić information content (AvgIpc) is 2.47. The zero-order valence-corrected chi connectivity index (χ0v) is 12.2. The third-order valence-corrected chi connectivity index (χ3v) is 4.36. The fourth-order valence-corrected chi connectivity index (χ4v) is 2.84. The second-order valence-corrected chi connectivity index (χ2v) is 5.58. The maximum Gasteiger partial charge on any atom is 0.189 e. The van der Waals surface area contributed by atoms with Crippen molar-refractivity contribution in [3.63, 3.8) is 0 Å². The van der Waals surface area contributed by atoms with Crippen LogP contribution >= 0.6 is 23.2 Å². The van der Waals surface area contributed by atoms with E-state index in [1.54, 1.807) is 6.07 Å². The summed E-state index contributed by atoms with van der Waals surface area (Å²) in [5, 5.41) is 0.998. The molecule has 0 saturated heterocycles. The lowest BCUT2D eigenvalue weighted by Gasteiger charge is -2.17. The van der Waals surface area contributed by atoms with E-state index in [0.717, 1.165) is 35.1 Å². The molecule has 0 unspecified atom stereocenters. The van der Waals surface area contributed by atoms with E-state index in [1.807, 2.05) is 42.5 Å². The van der Waals surface area contributed by atoms with Crippen molar-refractivity contribution in [3.05, 3.63) is 74.8 Å². The Kier molecular flexibility index (Phi) is 3.64. The number of carbonyl (C=O) groups is 1. The number of fused-ring (bicyclic) bond motifs is 1. The SMILES string of the molecule is O=C1C(=Cc2cccc(Cl)c2Cl)CCc2ccccc21. The van der Waals surface area contributed by atoms with Crippen LogP contribution in [0.4, 0.5) is 0 Å². The van der Waals surface area contributed by atoms with E-state index in [2.05, 4.69) is 0 Å². The molecule has 0 spiro atoms. The average molecular weight is 303 g/mol. The zero-order valence-electron chi connectivity index (χ0n) is 10.7. The van der Waals surface area contributed by atoms with Gasteiger partial charge >= 0.3 is 0 Å². The Morgan fingerprint density at radius 3 is 2.60 bits per heavy atom. The summed E-state index contributed by atoms with van der Waals surface area (Å²) in [4.78, 5) is 12.5. The number of carbonyl (C=O) groups excluding carboxylic acids is 1. The molecule has 1 aliphatic rings. The summed E-state index contributed by atoms with van der Waals surface area (Å²) in [6, 6.07) is 13.2. The monoisotopic (exact) mass is 302 g/mol. The van der Waals surface area contributed by atoms with Crippen LogP contribution in [-0.4, -0.2) is 5.78 Å². The van der Waals surface area contributed by atoms with Crippen molar-refractivity contribution in [2.24, 2.45) is 0 Å². The highest BCUT2D eigenvalue weighted by molar-refractivity contribution is 6.43. The Morgan fingerprint density at radius 1 is 0.950 bits per heavy atom. The van der Waals surface area contributed by atoms with Crippen LogP contribution in [0.2, 0.25) is 10.0 Å². The molecule has 0 aliphatic heterocycles. The van der Waals surface area contributed by atoms with E-state index in [0.29, 0.717) is 10.0 Å². The predicted octanol–water partition coefficient (Wildman–Crippen LogP) is 5.21. The van der Waals surface area contributed by atoms with Crippen molar-refractivity contribution in [1.29, 1.82) is 0 Å². The van der Waals surface area contributed by atoms with Gasteiger partial charge in [-0.2, -0.15) is 0 Å². The van der Waals surface area contributed by atoms with Crippen LogP contribution in [0.1, 0.15) is 27.9 Å². The number of rotatable bonds is 1. The lowest BCUT2D eigenvalue weighted by atomic mass is 9.86. The molecule has 0 heterocycles. The topological polar surface area (TPSA) is 17.1 Å². The zero-order chi connectivity index (χ0) is 14.1. The largest absolute Gasteiger partial charge is 0.289 e. The quantitative estimate of drug-likeness (QED) is 0.661. The first-order valence-corrected chi connectivity index (χ1v) is 7.19. The van der Waals surface area contributed by atoms with Gasteiger partial charge in [0.15, 0.2) is 5.78 Å². The Bertz CT molecular complexity index is 717. The van der Waals surface area contributed by atoms with E-state index in [-0.39, 0.29) is 5.78 Å². The first kappa shape index (κ1) is 13.4. The van der Waals surface area contributed by atoms with E-state index in [1.165, 1.54) is 0 Å². The minimum Gasteiger partial charge on any atom is -0.289 e. The van der Waals surface area contributed by atoms with Crippen molar-refractivity contribution in [3.8, 4) is 0 Å². The molecule has 1 aliphatic carbocycles. The third kappa shape index (κ3) is 2.39. The van der Waals surface area contributed by atoms with Gasteiger partial charge in [-0.1, -0.05) is 59.6 Å². The number of ketones is 1. The number of halogens is 2. The molecule has 0 amide bonds. The van der Waals surface area contributed by atoms with Gasteiger partial charge < -0.3 is 0 Å². The van der Waals surface area contributed by atoms with Crippen LogP contribution in [0.25, 0.3) is 6.08 Å². The molecule has 2 aromatic carbocycles. The lowest BCUT2D eigenvalue weighted by Crippen LogP contribution is -2.13. The van der Waals surface area contributed by atoms with Crippen LogP contribution in [0.3, 0.4) is 0 Å². The highest BCUT2D eigenvalue weighted by atomic mass is 35.5. The molecule has 0 aromatic heterocycles. The number of aryl methyl sites for hydroxylation is 1. The first-order chi connectivity index (χ1) is 9.66.